The average molecular weight is 420 g/mol. The Morgan fingerprint density at radius 3 is 2.48 bits per heavy atom. The molecule has 0 fully saturated rings. The minimum Gasteiger partial charge on any atom is -0.351 e. The van der Waals surface area contributed by atoms with Crippen molar-refractivity contribution in [2.24, 2.45) is 0 Å². The second-order valence-electron chi connectivity index (χ2n) is 4.98. The first-order chi connectivity index (χ1) is 11.9. The summed E-state index contributed by atoms with van der Waals surface area (Å²) in [6.07, 6.45) is 0. The fourth-order valence-electron chi connectivity index (χ4n) is 1.95. The summed E-state index contributed by atoms with van der Waals surface area (Å²) in [5.41, 5.74) is 0.952. The number of nitro benzene ring substituents is 1. The van der Waals surface area contributed by atoms with Gasteiger partial charge in [-0.3, -0.25) is 14.9 Å². The van der Waals surface area contributed by atoms with Gasteiger partial charge in [-0.15, -0.1) is 0 Å². The Bertz CT molecular complexity index is 802. The summed E-state index contributed by atoms with van der Waals surface area (Å²) in [6.45, 7) is 0.432. The van der Waals surface area contributed by atoms with E-state index in [2.05, 4.69) is 5.32 Å². The third kappa shape index (κ3) is 5.78. The predicted molar refractivity (Wildman–Crippen MR) is 103 cm³/mol. The van der Waals surface area contributed by atoms with Crippen LogP contribution in [0.25, 0.3) is 0 Å². The van der Waals surface area contributed by atoms with Crippen LogP contribution in [0.15, 0.2) is 36.4 Å². The van der Waals surface area contributed by atoms with Crippen LogP contribution >= 0.6 is 46.6 Å². The standard InChI is InChI=1S/C16H13Cl3N2O3S/c17-12-3-1-10(7-14(12)19)9-25-6-5-20-16(22)11-2-4-13(18)15(8-11)21(23)24/h1-4,7-8H,5-6,9H2,(H,20,22). The maximum absolute atomic E-state index is 12.0. The molecule has 0 radical (unpaired) electrons. The van der Waals surface area contributed by atoms with Crippen LogP contribution in [0.3, 0.4) is 0 Å². The molecule has 0 heterocycles. The van der Waals surface area contributed by atoms with Crippen molar-refractivity contribution >= 4 is 58.2 Å². The lowest BCUT2D eigenvalue weighted by atomic mass is 10.2. The molecule has 0 bridgehead atoms. The van der Waals surface area contributed by atoms with Crippen LogP contribution in [0.2, 0.25) is 15.1 Å². The summed E-state index contributed by atoms with van der Waals surface area (Å²) < 4.78 is 0. The third-order valence-electron chi connectivity index (χ3n) is 3.19. The molecule has 25 heavy (non-hydrogen) atoms. The summed E-state index contributed by atoms with van der Waals surface area (Å²) in [4.78, 5) is 22.3. The Balaban J connectivity index is 1.79. The molecule has 0 unspecified atom stereocenters. The van der Waals surface area contributed by atoms with Gasteiger partial charge in [0, 0.05) is 29.7 Å². The summed E-state index contributed by atoms with van der Waals surface area (Å²) in [6, 6.07) is 9.41. The number of hydrogen-bond acceptors (Lipinski definition) is 4. The zero-order valence-electron chi connectivity index (χ0n) is 12.8. The van der Waals surface area contributed by atoms with Gasteiger partial charge >= 0.3 is 0 Å². The molecule has 132 valence electrons. The van der Waals surface area contributed by atoms with E-state index in [-0.39, 0.29) is 22.2 Å². The number of carbonyl (C=O) groups is 1. The van der Waals surface area contributed by atoms with Crippen LogP contribution in [-0.2, 0) is 5.75 Å². The van der Waals surface area contributed by atoms with Crippen LogP contribution in [-0.4, -0.2) is 23.1 Å². The third-order valence-corrected chi connectivity index (χ3v) is 5.28. The van der Waals surface area contributed by atoms with Crippen molar-refractivity contribution in [1.82, 2.24) is 5.32 Å². The molecule has 0 aliphatic rings. The van der Waals surface area contributed by atoms with E-state index in [1.54, 1.807) is 17.8 Å². The fraction of sp³-hybridized carbons (Fsp3) is 0.188. The topological polar surface area (TPSA) is 72.2 Å². The van der Waals surface area contributed by atoms with Gasteiger partial charge in [0.15, 0.2) is 0 Å². The number of amides is 1. The van der Waals surface area contributed by atoms with Crippen molar-refractivity contribution in [2.45, 2.75) is 5.75 Å². The monoisotopic (exact) mass is 418 g/mol. The predicted octanol–water partition coefficient (Wildman–Crippen LogP) is 5.22. The molecule has 2 rings (SSSR count). The number of hydrogen-bond donors (Lipinski definition) is 1. The zero-order chi connectivity index (χ0) is 18.4. The molecule has 9 heteroatoms. The molecule has 1 N–H and O–H groups in total. The number of nitrogens with zero attached hydrogens (tertiary/aromatic N) is 1. The molecule has 0 saturated carbocycles. The summed E-state index contributed by atoms with van der Waals surface area (Å²) in [5.74, 6) is 1.04. The van der Waals surface area contributed by atoms with Gasteiger partial charge in [0.05, 0.1) is 15.0 Å². The first-order valence-corrected chi connectivity index (χ1v) is 9.41. The number of halogens is 3. The van der Waals surface area contributed by atoms with Gasteiger partial charge in [0.25, 0.3) is 11.6 Å². The Morgan fingerprint density at radius 2 is 1.80 bits per heavy atom. The molecule has 5 nitrogen and oxygen atoms in total. The van der Waals surface area contributed by atoms with Gasteiger partial charge in [0.2, 0.25) is 0 Å². The minimum atomic E-state index is -0.619. The molecule has 0 aliphatic heterocycles. The minimum absolute atomic E-state index is 0.00118. The molecule has 0 aliphatic carbocycles. The second kappa shape index (κ2) is 9.29. The van der Waals surface area contributed by atoms with E-state index in [4.69, 9.17) is 34.8 Å². The smallest absolute Gasteiger partial charge is 0.288 e. The highest BCUT2D eigenvalue weighted by Gasteiger charge is 2.15. The number of rotatable bonds is 7. The molecular formula is C16H13Cl3N2O3S. The van der Waals surface area contributed by atoms with Gasteiger partial charge in [-0.25, -0.2) is 0 Å². The van der Waals surface area contributed by atoms with E-state index in [1.165, 1.54) is 18.2 Å². The lowest BCUT2D eigenvalue weighted by molar-refractivity contribution is -0.384. The van der Waals surface area contributed by atoms with E-state index in [0.717, 1.165) is 11.3 Å². The normalized spacial score (nSPS) is 10.5. The van der Waals surface area contributed by atoms with Crippen molar-refractivity contribution in [2.75, 3.05) is 12.3 Å². The van der Waals surface area contributed by atoms with Crippen LogP contribution in [0, 0.1) is 10.1 Å². The molecule has 2 aromatic carbocycles. The summed E-state index contributed by atoms with van der Waals surface area (Å²) >= 11 is 19.2. The van der Waals surface area contributed by atoms with Crippen molar-refractivity contribution in [3.8, 4) is 0 Å². The molecule has 2 aromatic rings. The van der Waals surface area contributed by atoms with Gasteiger partial charge in [-0.1, -0.05) is 40.9 Å². The Hall–Kier alpha value is -1.47. The number of thioether (sulfide) groups is 1. The lowest BCUT2D eigenvalue weighted by Crippen LogP contribution is -2.25. The molecule has 1 amide bonds. The maximum Gasteiger partial charge on any atom is 0.288 e. The Kier molecular flexibility index (Phi) is 7.38. The second-order valence-corrected chi connectivity index (χ2v) is 7.31. The highest BCUT2D eigenvalue weighted by Crippen LogP contribution is 2.25. The summed E-state index contributed by atoms with van der Waals surface area (Å²) in [7, 11) is 0. The quantitative estimate of drug-likeness (QED) is 0.379. The van der Waals surface area contributed by atoms with Crippen molar-refractivity contribution in [1.29, 1.82) is 0 Å². The van der Waals surface area contributed by atoms with Crippen LogP contribution in [0.1, 0.15) is 15.9 Å². The molecular weight excluding hydrogens is 407 g/mol. The van der Waals surface area contributed by atoms with E-state index in [1.807, 2.05) is 12.1 Å². The van der Waals surface area contributed by atoms with Gasteiger partial charge in [0.1, 0.15) is 5.02 Å². The van der Waals surface area contributed by atoms with E-state index in [0.29, 0.717) is 22.3 Å². The van der Waals surface area contributed by atoms with Gasteiger partial charge < -0.3 is 5.32 Å². The highest BCUT2D eigenvalue weighted by molar-refractivity contribution is 7.98. The Labute approximate surface area is 163 Å². The number of carbonyl (C=O) groups excluding carboxylic acids is 1. The van der Waals surface area contributed by atoms with Crippen molar-refractivity contribution in [3.63, 3.8) is 0 Å². The first-order valence-electron chi connectivity index (χ1n) is 7.12. The van der Waals surface area contributed by atoms with Gasteiger partial charge in [-0.2, -0.15) is 11.8 Å². The average Bonchev–Trinajstić information content (AvgIpc) is 2.57. The SMILES string of the molecule is O=C(NCCSCc1ccc(Cl)c(Cl)c1)c1ccc(Cl)c([N+](=O)[O-])c1. The maximum atomic E-state index is 12.0. The number of nitrogens with one attached hydrogen (secondary N) is 1. The lowest BCUT2D eigenvalue weighted by Gasteiger charge is -2.06. The zero-order valence-corrected chi connectivity index (χ0v) is 15.9. The highest BCUT2D eigenvalue weighted by atomic mass is 35.5. The molecule has 0 saturated heterocycles. The van der Waals surface area contributed by atoms with Crippen LogP contribution in [0.4, 0.5) is 5.69 Å². The van der Waals surface area contributed by atoms with E-state index < -0.39 is 4.92 Å². The first kappa shape index (κ1) is 19.8. The Morgan fingerprint density at radius 1 is 1.08 bits per heavy atom. The largest absolute Gasteiger partial charge is 0.351 e. The number of benzene rings is 2. The van der Waals surface area contributed by atoms with E-state index in [9.17, 15) is 14.9 Å². The van der Waals surface area contributed by atoms with E-state index >= 15 is 0 Å². The summed E-state index contributed by atoms with van der Waals surface area (Å²) in [5, 5.41) is 14.6. The van der Waals surface area contributed by atoms with Crippen molar-refractivity contribution < 1.29 is 9.72 Å². The van der Waals surface area contributed by atoms with Crippen LogP contribution < -0.4 is 5.32 Å². The molecule has 0 spiro atoms. The molecule has 0 atom stereocenters. The number of nitro groups is 1. The fourth-order valence-corrected chi connectivity index (χ4v) is 3.27. The molecule has 0 aromatic heterocycles. The van der Waals surface area contributed by atoms with Crippen LogP contribution in [0.5, 0.6) is 0 Å². The van der Waals surface area contributed by atoms with Gasteiger partial charge in [-0.05, 0) is 29.8 Å². The van der Waals surface area contributed by atoms with Crippen molar-refractivity contribution in [3.05, 3.63) is 72.7 Å².